The maximum absolute atomic E-state index is 12.2. The number of halogens is 1. The molecule has 3 aromatic rings. The molecule has 1 amide bonds. The van der Waals surface area contributed by atoms with Crippen molar-refractivity contribution >= 4 is 29.1 Å². The molecule has 0 aliphatic heterocycles. The van der Waals surface area contributed by atoms with Crippen molar-refractivity contribution in [3.63, 3.8) is 0 Å². The van der Waals surface area contributed by atoms with Crippen LogP contribution in [0.15, 0.2) is 60.9 Å². The van der Waals surface area contributed by atoms with Gasteiger partial charge in [-0.1, -0.05) is 42.8 Å². The van der Waals surface area contributed by atoms with E-state index in [9.17, 15) is 4.79 Å². The van der Waals surface area contributed by atoms with Crippen LogP contribution in [-0.4, -0.2) is 15.9 Å². The summed E-state index contributed by atoms with van der Waals surface area (Å²) < 4.78 is 0. The Morgan fingerprint density at radius 2 is 1.58 bits per heavy atom. The fraction of sp³-hybridized carbons (Fsp3) is 0.150. The summed E-state index contributed by atoms with van der Waals surface area (Å²) >= 11 is 5.85. The van der Waals surface area contributed by atoms with E-state index in [0.29, 0.717) is 23.1 Å². The third kappa shape index (κ3) is 4.80. The van der Waals surface area contributed by atoms with Crippen LogP contribution in [-0.2, 0) is 13.0 Å². The van der Waals surface area contributed by atoms with E-state index in [2.05, 4.69) is 39.7 Å². The van der Waals surface area contributed by atoms with Crippen LogP contribution in [0.4, 0.5) is 11.6 Å². The minimum atomic E-state index is -0.223. The first-order chi connectivity index (χ1) is 12.6. The minimum Gasteiger partial charge on any atom is -0.348 e. The van der Waals surface area contributed by atoms with Gasteiger partial charge in [0.15, 0.2) is 0 Å². The molecule has 0 spiro atoms. The van der Waals surface area contributed by atoms with Crippen LogP contribution in [0.5, 0.6) is 0 Å². The lowest BCUT2D eigenvalue weighted by Gasteiger charge is -2.07. The van der Waals surface area contributed by atoms with Crippen molar-refractivity contribution in [3.8, 4) is 0 Å². The molecule has 2 N–H and O–H groups in total. The lowest BCUT2D eigenvalue weighted by molar-refractivity contribution is 0.0950. The van der Waals surface area contributed by atoms with Gasteiger partial charge >= 0.3 is 0 Å². The topological polar surface area (TPSA) is 66.9 Å². The Morgan fingerprint density at radius 3 is 2.19 bits per heavy atom. The molecule has 0 aliphatic rings. The van der Waals surface area contributed by atoms with Gasteiger partial charge in [-0.2, -0.15) is 0 Å². The van der Waals surface area contributed by atoms with E-state index in [0.717, 1.165) is 17.7 Å². The second-order valence-electron chi connectivity index (χ2n) is 5.78. The van der Waals surface area contributed by atoms with Gasteiger partial charge in [-0.3, -0.25) is 4.79 Å². The zero-order chi connectivity index (χ0) is 18.4. The lowest BCUT2D eigenvalue weighted by Crippen LogP contribution is -2.23. The molecule has 0 saturated carbocycles. The molecule has 1 aromatic heterocycles. The molecule has 0 fully saturated rings. The predicted molar refractivity (Wildman–Crippen MR) is 104 cm³/mol. The highest BCUT2D eigenvalue weighted by Crippen LogP contribution is 2.14. The van der Waals surface area contributed by atoms with Crippen LogP contribution in [0.1, 0.15) is 28.4 Å². The van der Waals surface area contributed by atoms with Crippen LogP contribution in [0.3, 0.4) is 0 Å². The molecule has 0 atom stereocenters. The van der Waals surface area contributed by atoms with Crippen LogP contribution in [0, 0.1) is 0 Å². The van der Waals surface area contributed by atoms with Crippen molar-refractivity contribution in [3.05, 3.63) is 82.6 Å². The predicted octanol–water partition coefficient (Wildman–Crippen LogP) is 4.37. The highest BCUT2D eigenvalue weighted by Gasteiger charge is 2.07. The van der Waals surface area contributed by atoms with Crippen molar-refractivity contribution < 1.29 is 4.79 Å². The van der Waals surface area contributed by atoms with Crippen molar-refractivity contribution in [1.82, 2.24) is 15.3 Å². The van der Waals surface area contributed by atoms with Gasteiger partial charge in [0.25, 0.3) is 5.91 Å². The Morgan fingerprint density at radius 1 is 0.962 bits per heavy atom. The standard InChI is InChI=1S/C20H19ClN4O/c1-2-14-5-9-18(10-6-14)25-20-23-12-16(13-24-20)19(26)22-11-15-3-7-17(21)8-4-15/h3-10,12-13H,2,11H2,1H3,(H,22,26)(H,23,24,25). The van der Waals surface area contributed by atoms with Crippen LogP contribution < -0.4 is 10.6 Å². The molecule has 3 rings (SSSR count). The summed E-state index contributed by atoms with van der Waals surface area (Å²) in [6.45, 7) is 2.53. The number of benzene rings is 2. The molecule has 0 aliphatic carbocycles. The largest absolute Gasteiger partial charge is 0.348 e. The van der Waals surface area contributed by atoms with E-state index in [-0.39, 0.29) is 5.91 Å². The quantitative estimate of drug-likeness (QED) is 0.680. The lowest BCUT2D eigenvalue weighted by atomic mass is 10.1. The van der Waals surface area contributed by atoms with Crippen molar-refractivity contribution in [1.29, 1.82) is 0 Å². The highest BCUT2D eigenvalue weighted by atomic mass is 35.5. The summed E-state index contributed by atoms with van der Waals surface area (Å²) in [4.78, 5) is 20.6. The number of aromatic nitrogens is 2. The second-order valence-corrected chi connectivity index (χ2v) is 6.22. The Hall–Kier alpha value is -2.92. The summed E-state index contributed by atoms with van der Waals surface area (Å²) in [6.07, 6.45) is 4.01. The Balaban J connectivity index is 1.57. The SMILES string of the molecule is CCc1ccc(Nc2ncc(C(=O)NCc3ccc(Cl)cc3)cn2)cc1. The molecule has 132 valence electrons. The zero-order valence-corrected chi connectivity index (χ0v) is 15.1. The first-order valence-electron chi connectivity index (χ1n) is 8.34. The summed E-state index contributed by atoms with van der Waals surface area (Å²) in [5.74, 6) is 0.224. The van der Waals surface area contributed by atoms with Gasteiger partial charge in [0.2, 0.25) is 5.95 Å². The van der Waals surface area contributed by atoms with E-state index in [1.165, 1.54) is 18.0 Å². The maximum atomic E-state index is 12.2. The van der Waals surface area contributed by atoms with E-state index in [1.807, 2.05) is 24.3 Å². The van der Waals surface area contributed by atoms with Crippen LogP contribution in [0.2, 0.25) is 5.02 Å². The van der Waals surface area contributed by atoms with Crippen LogP contribution >= 0.6 is 11.6 Å². The average Bonchev–Trinajstić information content (AvgIpc) is 2.68. The number of nitrogens with zero attached hydrogens (tertiary/aromatic N) is 2. The normalized spacial score (nSPS) is 10.4. The molecule has 2 aromatic carbocycles. The van der Waals surface area contributed by atoms with Crippen LogP contribution in [0.25, 0.3) is 0 Å². The van der Waals surface area contributed by atoms with E-state index in [1.54, 1.807) is 12.1 Å². The zero-order valence-electron chi connectivity index (χ0n) is 14.4. The smallest absolute Gasteiger partial charge is 0.254 e. The van der Waals surface area contributed by atoms with Gasteiger partial charge in [-0.25, -0.2) is 9.97 Å². The highest BCUT2D eigenvalue weighted by molar-refractivity contribution is 6.30. The minimum absolute atomic E-state index is 0.223. The van der Waals surface area contributed by atoms with Crippen molar-refractivity contribution in [2.24, 2.45) is 0 Å². The number of aryl methyl sites for hydroxylation is 1. The number of carbonyl (C=O) groups is 1. The maximum Gasteiger partial charge on any atom is 0.254 e. The fourth-order valence-electron chi connectivity index (χ4n) is 2.35. The summed E-state index contributed by atoms with van der Waals surface area (Å²) in [5.41, 5.74) is 3.55. The van der Waals surface area contributed by atoms with Gasteiger partial charge in [0, 0.05) is 29.6 Å². The van der Waals surface area contributed by atoms with Gasteiger partial charge < -0.3 is 10.6 Å². The number of nitrogens with one attached hydrogen (secondary N) is 2. The van der Waals surface area contributed by atoms with Gasteiger partial charge in [-0.15, -0.1) is 0 Å². The van der Waals surface area contributed by atoms with E-state index in [4.69, 9.17) is 11.6 Å². The third-order valence-electron chi connectivity index (χ3n) is 3.90. The number of hydrogen-bond donors (Lipinski definition) is 2. The van der Waals surface area contributed by atoms with E-state index >= 15 is 0 Å². The van der Waals surface area contributed by atoms with E-state index < -0.39 is 0 Å². The molecule has 0 radical (unpaired) electrons. The monoisotopic (exact) mass is 366 g/mol. The van der Waals surface area contributed by atoms with Crippen molar-refractivity contribution in [2.75, 3.05) is 5.32 Å². The number of carbonyl (C=O) groups excluding carboxylic acids is 1. The molecule has 0 saturated heterocycles. The second kappa shape index (κ2) is 8.45. The Bertz CT molecular complexity index is 862. The number of hydrogen-bond acceptors (Lipinski definition) is 4. The summed E-state index contributed by atoms with van der Waals surface area (Å²) in [6, 6.07) is 15.4. The number of anilines is 2. The number of amides is 1. The van der Waals surface area contributed by atoms with Gasteiger partial charge in [-0.05, 0) is 41.8 Å². The molecule has 6 heteroatoms. The number of rotatable bonds is 6. The first kappa shape index (κ1) is 17.9. The first-order valence-corrected chi connectivity index (χ1v) is 8.72. The average molecular weight is 367 g/mol. The molecule has 5 nitrogen and oxygen atoms in total. The molecule has 26 heavy (non-hydrogen) atoms. The molecular formula is C20H19ClN4O. The molecule has 1 heterocycles. The van der Waals surface area contributed by atoms with Gasteiger partial charge in [0.1, 0.15) is 0 Å². The van der Waals surface area contributed by atoms with Crippen molar-refractivity contribution in [2.45, 2.75) is 19.9 Å². The Labute approximate surface area is 157 Å². The third-order valence-corrected chi connectivity index (χ3v) is 4.15. The fourth-order valence-corrected chi connectivity index (χ4v) is 2.48. The molecule has 0 unspecified atom stereocenters. The summed E-state index contributed by atoms with van der Waals surface area (Å²) in [5, 5.41) is 6.62. The molecular weight excluding hydrogens is 348 g/mol. The molecule has 0 bridgehead atoms. The Kier molecular flexibility index (Phi) is 5.81. The summed E-state index contributed by atoms with van der Waals surface area (Å²) in [7, 11) is 0. The van der Waals surface area contributed by atoms with Gasteiger partial charge in [0.05, 0.1) is 5.56 Å².